The van der Waals surface area contributed by atoms with Crippen molar-refractivity contribution in [1.29, 1.82) is 0 Å². The first-order chi connectivity index (χ1) is 11.1. The number of nitrogens with zero attached hydrogens (tertiary/aromatic N) is 1. The third-order valence-electron chi connectivity index (χ3n) is 4.50. The highest BCUT2D eigenvalue weighted by atomic mass is 35.5. The van der Waals surface area contributed by atoms with Crippen LogP contribution in [0.25, 0.3) is 0 Å². The summed E-state index contributed by atoms with van der Waals surface area (Å²) in [5.74, 6) is 0.0990. The molecule has 0 unspecified atom stereocenters. The number of halogens is 1. The molecule has 1 heterocycles. The third kappa shape index (κ3) is 3.04. The summed E-state index contributed by atoms with van der Waals surface area (Å²) in [5, 5.41) is 0.709. The molecule has 0 N–H and O–H groups in total. The van der Waals surface area contributed by atoms with Crippen molar-refractivity contribution >= 4 is 17.5 Å². The number of hydrogen-bond donors (Lipinski definition) is 0. The summed E-state index contributed by atoms with van der Waals surface area (Å²) in [6.07, 6.45) is 2.77. The van der Waals surface area contributed by atoms with E-state index < -0.39 is 0 Å². The molecule has 0 aliphatic carbocycles. The Balaban J connectivity index is 2.10. The maximum absolute atomic E-state index is 12.8. The van der Waals surface area contributed by atoms with Crippen LogP contribution in [0, 0.1) is 0 Å². The van der Waals surface area contributed by atoms with Crippen LogP contribution in [0.2, 0.25) is 5.02 Å². The van der Waals surface area contributed by atoms with Crippen molar-refractivity contribution in [1.82, 2.24) is 4.90 Å². The molecule has 1 aliphatic heterocycles. The van der Waals surface area contributed by atoms with E-state index in [0.29, 0.717) is 5.02 Å². The molecular formula is C20H20ClNO. The van der Waals surface area contributed by atoms with E-state index in [0.717, 1.165) is 24.1 Å². The van der Waals surface area contributed by atoms with E-state index in [4.69, 9.17) is 11.6 Å². The van der Waals surface area contributed by atoms with Crippen molar-refractivity contribution in [2.24, 2.45) is 0 Å². The Morgan fingerprint density at radius 2 is 1.87 bits per heavy atom. The van der Waals surface area contributed by atoms with Crippen molar-refractivity contribution in [2.45, 2.75) is 26.3 Å². The highest BCUT2D eigenvalue weighted by Gasteiger charge is 2.32. The lowest BCUT2D eigenvalue weighted by molar-refractivity contribution is -0.129. The second-order valence-corrected chi connectivity index (χ2v) is 6.31. The Kier molecular flexibility index (Phi) is 4.53. The summed E-state index contributed by atoms with van der Waals surface area (Å²) in [5.41, 5.74) is 4.40. The number of carbonyl (C=O) groups excluding carboxylic acids is 1. The number of rotatable bonds is 2. The van der Waals surface area contributed by atoms with E-state index in [1.54, 1.807) is 0 Å². The molecule has 0 fully saturated rings. The molecule has 0 radical (unpaired) electrons. The Morgan fingerprint density at radius 1 is 1.17 bits per heavy atom. The maximum Gasteiger partial charge on any atom is 0.249 e. The van der Waals surface area contributed by atoms with Crippen LogP contribution in [-0.2, 0) is 11.2 Å². The number of amides is 1. The zero-order chi connectivity index (χ0) is 16.4. The monoisotopic (exact) mass is 325 g/mol. The summed E-state index contributed by atoms with van der Waals surface area (Å²) >= 11 is 6.03. The van der Waals surface area contributed by atoms with E-state index in [-0.39, 0.29) is 11.9 Å². The predicted molar refractivity (Wildman–Crippen MR) is 94.6 cm³/mol. The SMILES string of the molecule is C/C=C(\C)C(=O)N1CCc2ccccc2[C@@H]1c1ccc(Cl)cc1. The molecule has 0 spiro atoms. The number of benzene rings is 2. The lowest BCUT2D eigenvalue weighted by Crippen LogP contribution is -2.41. The van der Waals surface area contributed by atoms with Crippen LogP contribution in [0.15, 0.2) is 60.2 Å². The average Bonchev–Trinajstić information content (AvgIpc) is 2.60. The highest BCUT2D eigenvalue weighted by molar-refractivity contribution is 6.30. The Bertz CT molecular complexity index is 748. The van der Waals surface area contributed by atoms with Gasteiger partial charge in [0.25, 0.3) is 0 Å². The highest BCUT2D eigenvalue weighted by Crippen LogP contribution is 2.36. The van der Waals surface area contributed by atoms with Gasteiger partial charge in [-0.2, -0.15) is 0 Å². The minimum Gasteiger partial charge on any atom is -0.327 e. The Labute approximate surface area is 142 Å². The summed E-state index contributed by atoms with van der Waals surface area (Å²) in [4.78, 5) is 14.8. The van der Waals surface area contributed by atoms with E-state index in [1.807, 2.05) is 55.2 Å². The number of fused-ring (bicyclic) bond motifs is 1. The van der Waals surface area contributed by atoms with Crippen LogP contribution in [0.3, 0.4) is 0 Å². The van der Waals surface area contributed by atoms with Gasteiger partial charge in [-0.1, -0.05) is 54.1 Å². The molecule has 1 aliphatic rings. The van der Waals surface area contributed by atoms with Crippen molar-refractivity contribution < 1.29 is 4.79 Å². The predicted octanol–water partition coefficient (Wildman–Crippen LogP) is 4.78. The summed E-state index contributed by atoms with van der Waals surface area (Å²) in [6, 6.07) is 16.1. The van der Waals surface area contributed by atoms with Gasteiger partial charge in [-0.25, -0.2) is 0 Å². The van der Waals surface area contributed by atoms with Gasteiger partial charge in [0.2, 0.25) is 5.91 Å². The zero-order valence-electron chi connectivity index (χ0n) is 13.4. The van der Waals surface area contributed by atoms with Crippen molar-refractivity contribution in [2.75, 3.05) is 6.54 Å². The quantitative estimate of drug-likeness (QED) is 0.728. The van der Waals surface area contributed by atoms with Crippen LogP contribution in [-0.4, -0.2) is 17.4 Å². The average molecular weight is 326 g/mol. The van der Waals surface area contributed by atoms with E-state index in [1.165, 1.54) is 11.1 Å². The lowest BCUT2D eigenvalue weighted by atomic mass is 9.88. The topological polar surface area (TPSA) is 20.3 Å². The van der Waals surface area contributed by atoms with Gasteiger partial charge in [-0.15, -0.1) is 0 Å². The molecule has 0 aromatic heterocycles. The normalized spacial score (nSPS) is 17.8. The molecule has 1 atom stereocenters. The van der Waals surface area contributed by atoms with Gasteiger partial charge in [0.15, 0.2) is 0 Å². The van der Waals surface area contributed by atoms with Gasteiger partial charge in [0.05, 0.1) is 6.04 Å². The Hall–Kier alpha value is -2.06. The molecule has 118 valence electrons. The summed E-state index contributed by atoms with van der Waals surface area (Å²) in [7, 11) is 0. The van der Waals surface area contributed by atoms with Crippen LogP contribution in [0.5, 0.6) is 0 Å². The number of carbonyl (C=O) groups is 1. The Morgan fingerprint density at radius 3 is 2.57 bits per heavy atom. The van der Waals surface area contributed by atoms with Crippen LogP contribution in [0.1, 0.15) is 36.6 Å². The fourth-order valence-electron chi connectivity index (χ4n) is 3.14. The second kappa shape index (κ2) is 6.59. The van der Waals surface area contributed by atoms with Gasteiger partial charge in [-0.3, -0.25) is 4.79 Å². The van der Waals surface area contributed by atoms with Crippen molar-refractivity contribution in [3.05, 3.63) is 81.9 Å². The zero-order valence-corrected chi connectivity index (χ0v) is 14.2. The molecule has 3 rings (SSSR count). The molecule has 0 saturated heterocycles. The van der Waals surface area contributed by atoms with Crippen LogP contribution in [0.4, 0.5) is 0 Å². The van der Waals surface area contributed by atoms with Gasteiger partial charge in [0, 0.05) is 17.1 Å². The van der Waals surface area contributed by atoms with Gasteiger partial charge >= 0.3 is 0 Å². The third-order valence-corrected chi connectivity index (χ3v) is 4.75. The molecule has 2 nitrogen and oxygen atoms in total. The van der Waals surface area contributed by atoms with Crippen molar-refractivity contribution in [3.8, 4) is 0 Å². The van der Waals surface area contributed by atoms with Crippen molar-refractivity contribution in [3.63, 3.8) is 0 Å². The van der Waals surface area contributed by atoms with E-state index >= 15 is 0 Å². The maximum atomic E-state index is 12.8. The first kappa shape index (κ1) is 15.8. The fourth-order valence-corrected chi connectivity index (χ4v) is 3.27. The summed E-state index contributed by atoms with van der Waals surface area (Å²) < 4.78 is 0. The largest absolute Gasteiger partial charge is 0.327 e. The van der Waals surface area contributed by atoms with Crippen LogP contribution >= 0.6 is 11.6 Å². The smallest absolute Gasteiger partial charge is 0.249 e. The molecule has 0 bridgehead atoms. The summed E-state index contributed by atoms with van der Waals surface area (Å²) in [6.45, 7) is 4.51. The molecular weight excluding hydrogens is 306 g/mol. The standard InChI is InChI=1S/C20H20ClNO/c1-3-14(2)20(23)22-13-12-15-6-4-5-7-18(15)19(22)16-8-10-17(21)11-9-16/h3-11,19H,12-13H2,1-2H3/b14-3+/t19-/m0/s1. The van der Waals surface area contributed by atoms with E-state index in [2.05, 4.69) is 18.2 Å². The number of hydrogen-bond acceptors (Lipinski definition) is 1. The van der Waals surface area contributed by atoms with Gasteiger partial charge < -0.3 is 4.90 Å². The minimum atomic E-state index is -0.0559. The number of allylic oxidation sites excluding steroid dienone is 1. The molecule has 3 heteroatoms. The molecule has 2 aromatic carbocycles. The lowest BCUT2D eigenvalue weighted by Gasteiger charge is -2.38. The molecule has 1 amide bonds. The van der Waals surface area contributed by atoms with Crippen LogP contribution < -0.4 is 0 Å². The molecule has 0 saturated carbocycles. The first-order valence-electron chi connectivity index (χ1n) is 7.89. The van der Waals surface area contributed by atoms with E-state index in [9.17, 15) is 4.79 Å². The molecule has 23 heavy (non-hydrogen) atoms. The minimum absolute atomic E-state index is 0.0559. The first-order valence-corrected chi connectivity index (χ1v) is 8.26. The molecule has 2 aromatic rings. The van der Waals surface area contributed by atoms with Gasteiger partial charge in [0.1, 0.15) is 0 Å². The fraction of sp³-hybridized carbons (Fsp3) is 0.250. The second-order valence-electron chi connectivity index (χ2n) is 5.87. The van der Waals surface area contributed by atoms with Gasteiger partial charge in [-0.05, 0) is 49.1 Å².